The highest BCUT2D eigenvalue weighted by Gasteiger charge is 2.22. The van der Waals surface area contributed by atoms with Crippen LogP contribution in [-0.2, 0) is 19.1 Å². The Bertz CT molecular complexity index is 780. The van der Waals surface area contributed by atoms with Crippen LogP contribution in [0, 0.1) is 0 Å². The SMILES string of the molecule is CCCCCCCCCCOC(=O)C(=Cc1ccc2c(c1)OCO2)C(=O)OCCCCCCCCCC. The van der Waals surface area contributed by atoms with E-state index in [1.54, 1.807) is 18.2 Å². The molecule has 1 aromatic rings. The van der Waals surface area contributed by atoms with Gasteiger partial charge < -0.3 is 18.9 Å². The Balaban J connectivity index is 1.81. The standard InChI is InChI=1S/C31H48O6/c1-3-5-7-9-11-13-15-17-21-34-30(32)27(23-26-19-20-28-29(24-26)37-25-36-28)31(33)35-22-18-16-14-12-10-8-6-4-2/h19-20,23-24H,3-18,21-22,25H2,1-2H3. The van der Waals surface area contributed by atoms with Gasteiger partial charge >= 0.3 is 11.9 Å². The summed E-state index contributed by atoms with van der Waals surface area (Å²) < 4.78 is 21.7. The van der Waals surface area contributed by atoms with Gasteiger partial charge in [0.2, 0.25) is 6.79 Å². The Morgan fingerprint density at radius 1 is 0.676 bits per heavy atom. The van der Waals surface area contributed by atoms with E-state index in [1.807, 2.05) is 0 Å². The van der Waals surface area contributed by atoms with Gasteiger partial charge in [-0.2, -0.15) is 0 Å². The van der Waals surface area contributed by atoms with E-state index in [2.05, 4.69) is 13.8 Å². The number of hydrogen-bond donors (Lipinski definition) is 0. The summed E-state index contributed by atoms with van der Waals surface area (Å²) in [5.74, 6) is -0.0379. The molecule has 6 nitrogen and oxygen atoms in total. The number of fused-ring (bicyclic) bond motifs is 1. The van der Waals surface area contributed by atoms with Crippen molar-refractivity contribution < 1.29 is 28.5 Å². The van der Waals surface area contributed by atoms with Crippen LogP contribution in [0.4, 0.5) is 0 Å². The summed E-state index contributed by atoms with van der Waals surface area (Å²) in [6, 6.07) is 5.30. The Labute approximate surface area is 224 Å². The number of hydrogen-bond acceptors (Lipinski definition) is 6. The number of benzene rings is 1. The maximum absolute atomic E-state index is 12.8. The lowest BCUT2D eigenvalue weighted by Gasteiger charge is -2.10. The number of unbranched alkanes of at least 4 members (excludes halogenated alkanes) is 14. The Morgan fingerprint density at radius 3 is 1.65 bits per heavy atom. The Kier molecular flexibility index (Phi) is 16.3. The number of ether oxygens (including phenoxy) is 4. The van der Waals surface area contributed by atoms with Gasteiger partial charge in [-0.1, -0.05) is 110 Å². The first-order valence-corrected chi connectivity index (χ1v) is 14.6. The van der Waals surface area contributed by atoms with E-state index in [0.29, 0.717) is 30.3 Å². The molecule has 0 spiro atoms. The number of carbonyl (C=O) groups excluding carboxylic acids is 2. The van der Waals surface area contributed by atoms with Crippen molar-refractivity contribution in [1.82, 2.24) is 0 Å². The molecule has 2 rings (SSSR count). The maximum atomic E-state index is 12.8. The molecule has 208 valence electrons. The third-order valence-corrected chi connectivity index (χ3v) is 6.61. The first-order valence-electron chi connectivity index (χ1n) is 14.6. The van der Waals surface area contributed by atoms with E-state index in [4.69, 9.17) is 18.9 Å². The van der Waals surface area contributed by atoms with Crippen molar-refractivity contribution in [2.75, 3.05) is 20.0 Å². The molecule has 1 aliphatic rings. The van der Waals surface area contributed by atoms with E-state index >= 15 is 0 Å². The molecule has 0 saturated carbocycles. The van der Waals surface area contributed by atoms with E-state index in [9.17, 15) is 9.59 Å². The van der Waals surface area contributed by atoms with Gasteiger partial charge in [0, 0.05) is 0 Å². The summed E-state index contributed by atoms with van der Waals surface area (Å²) in [6.07, 6.45) is 20.1. The molecule has 0 N–H and O–H groups in total. The Hall–Kier alpha value is -2.50. The summed E-state index contributed by atoms with van der Waals surface area (Å²) in [4.78, 5) is 25.7. The number of rotatable bonds is 21. The maximum Gasteiger partial charge on any atom is 0.345 e. The van der Waals surface area contributed by atoms with Gasteiger partial charge in [0.15, 0.2) is 11.5 Å². The molecule has 0 aliphatic carbocycles. The molecule has 1 heterocycles. The highest BCUT2D eigenvalue weighted by atomic mass is 16.7. The van der Waals surface area contributed by atoms with Gasteiger partial charge in [-0.05, 0) is 36.6 Å². The van der Waals surface area contributed by atoms with Crippen LogP contribution in [0.1, 0.15) is 122 Å². The molecule has 0 saturated heterocycles. The average Bonchev–Trinajstić information content (AvgIpc) is 3.37. The normalized spacial score (nSPS) is 11.8. The molecular formula is C31H48O6. The zero-order chi connectivity index (χ0) is 26.6. The predicted molar refractivity (Wildman–Crippen MR) is 148 cm³/mol. The predicted octanol–water partition coefficient (Wildman–Crippen LogP) is 8.17. The van der Waals surface area contributed by atoms with Crippen LogP contribution >= 0.6 is 0 Å². The van der Waals surface area contributed by atoms with E-state index in [1.165, 1.54) is 70.3 Å². The highest BCUT2D eigenvalue weighted by Crippen LogP contribution is 2.33. The van der Waals surface area contributed by atoms with Crippen LogP contribution in [0.5, 0.6) is 11.5 Å². The summed E-state index contributed by atoms with van der Waals surface area (Å²) in [5.41, 5.74) is 0.574. The molecule has 0 aromatic heterocycles. The molecule has 0 bridgehead atoms. The van der Waals surface area contributed by atoms with E-state index in [0.717, 1.165) is 38.5 Å². The summed E-state index contributed by atoms with van der Waals surface area (Å²) in [6.45, 7) is 5.21. The van der Waals surface area contributed by atoms with Crippen molar-refractivity contribution in [3.8, 4) is 11.5 Å². The molecule has 37 heavy (non-hydrogen) atoms. The molecule has 0 fully saturated rings. The van der Waals surface area contributed by atoms with Gasteiger partial charge in [0.05, 0.1) is 13.2 Å². The van der Waals surface area contributed by atoms with Gasteiger partial charge in [0.1, 0.15) is 5.57 Å². The molecule has 1 aliphatic heterocycles. The van der Waals surface area contributed by atoms with Crippen LogP contribution in [0.3, 0.4) is 0 Å². The highest BCUT2D eigenvalue weighted by molar-refractivity contribution is 6.17. The first-order chi connectivity index (χ1) is 18.2. The smallest absolute Gasteiger partial charge is 0.345 e. The van der Waals surface area contributed by atoms with Crippen molar-refractivity contribution >= 4 is 18.0 Å². The summed E-state index contributed by atoms with van der Waals surface area (Å²) >= 11 is 0. The lowest BCUT2D eigenvalue weighted by molar-refractivity contribution is -0.147. The topological polar surface area (TPSA) is 71.1 Å². The zero-order valence-electron chi connectivity index (χ0n) is 23.2. The van der Waals surface area contributed by atoms with Crippen molar-refractivity contribution in [3.63, 3.8) is 0 Å². The lowest BCUT2D eigenvalue weighted by atomic mass is 10.1. The third kappa shape index (κ3) is 13.0. The van der Waals surface area contributed by atoms with Crippen molar-refractivity contribution in [2.24, 2.45) is 0 Å². The van der Waals surface area contributed by atoms with Crippen LogP contribution in [-0.4, -0.2) is 31.9 Å². The van der Waals surface area contributed by atoms with Crippen LogP contribution in [0.2, 0.25) is 0 Å². The lowest BCUT2D eigenvalue weighted by Crippen LogP contribution is -2.19. The fraction of sp³-hybridized carbons (Fsp3) is 0.677. The van der Waals surface area contributed by atoms with Crippen LogP contribution < -0.4 is 9.47 Å². The van der Waals surface area contributed by atoms with Gasteiger partial charge in [-0.25, -0.2) is 9.59 Å². The first kappa shape index (κ1) is 30.7. The minimum Gasteiger partial charge on any atom is -0.462 e. The van der Waals surface area contributed by atoms with E-state index in [-0.39, 0.29) is 12.4 Å². The van der Waals surface area contributed by atoms with Crippen molar-refractivity contribution in [2.45, 2.75) is 117 Å². The molecule has 6 heteroatoms. The molecular weight excluding hydrogens is 468 g/mol. The zero-order valence-corrected chi connectivity index (χ0v) is 23.2. The minimum absolute atomic E-state index is 0.0852. The molecule has 0 amide bonds. The molecule has 1 aromatic carbocycles. The summed E-state index contributed by atoms with van der Waals surface area (Å²) in [7, 11) is 0. The van der Waals surface area contributed by atoms with E-state index < -0.39 is 11.9 Å². The minimum atomic E-state index is -0.637. The Morgan fingerprint density at radius 2 is 1.14 bits per heavy atom. The van der Waals surface area contributed by atoms with Crippen molar-refractivity contribution in [3.05, 3.63) is 29.3 Å². The largest absolute Gasteiger partial charge is 0.462 e. The fourth-order valence-electron chi connectivity index (χ4n) is 4.33. The van der Waals surface area contributed by atoms with Gasteiger partial charge in [-0.15, -0.1) is 0 Å². The molecule has 0 radical (unpaired) electrons. The second kappa shape index (κ2) is 19.6. The van der Waals surface area contributed by atoms with Crippen LogP contribution in [0.25, 0.3) is 6.08 Å². The fourth-order valence-corrected chi connectivity index (χ4v) is 4.33. The average molecular weight is 517 g/mol. The van der Waals surface area contributed by atoms with Gasteiger partial charge in [0.25, 0.3) is 0 Å². The second-order valence-electron chi connectivity index (χ2n) is 9.89. The molecule has 0 atom stereocenters. The van der Waals surface area contributed by atoms with Gasteiger partial charge in [-0.3, -0.25) is 0 Å². The quantitative estimate of drug-likeness (QED) is 0.0539. The van der Waals surface area contributed by atoms with Crippen LogP contribution in [0.15, 0.2) is 23.8 Å². The number of carbonyl (C=O) groups is 2. The second-order valence-corrected chi connectivity index (χ2v) is 9.89. The number of esters is 2. The molecule has 0 unspecified atom stereocenters. The summed E-state index contributed by atoms with van der Waals surface area (Å²) in [5, 5.41) is 0. The monoisotopic (exact) mass is 516 g/mol. The third-order valence-electron chi connectivity index (χ3n) is 6.61. The van der Waals surface area contributed by atoms with Crippen molar-refractivity contribution in [1.29, 1.82) is 0 Å².